The minimum atomic E-state index is 0.415. The Labute approximate surface area is 191 Å². The van der Waals surface area contributed by atoms with Crippen molar-refractivity contribution < 1.29 is 9.47 Å². The van der Waals surface area contributed by atoms with Crippen LogP contribution in [0.2, 0.25) is 0 Å². The van der Waals surface area contributed by atoms with Gasteiger partial charge in [0.05, 0.1) is 24.4 Å². The molecule has 0 radical (unpaired) electrons. The van der Waals surface area contributed by atoms with Crippen LogP contribution >= 0.6 is 0 Å². The van der Waals surface area contributed by atoms with Crippen molar-refractivity contribution in [3.8, 4) is 0 Å². The first kappa shape index (κ1) is 24.0. The van der Waals surface area contributed by atoms with E-state index < -0.39 is 0 Å². The molecular formula is C27H50N2O2. The maximum Gasteiger partial charge on any atom is 0.0580 e. The maximum absolute atomic E-state index is 6.50. The normalized spacial score (nSPS) is 43.0. The standard InChI is InChI=1S/C27H50N2O2/c1-27(2,19-3-11-23(12-4-19)30-25-15-7-21(28)8-16-25)20-5-13-24(14-6-20)31-26-17-9-22(29)10-18-26/h19-26H,3-18,28-29H2,1-2H3. The lowest BCUT2D eigenvalue weighted by Crippen LogP contribution is -2.40. The highest BCUT2D eigenvalue weighted by Crippen LogP contribution is 2.49. The van der Waals surface area contributed by atoms with E-state index in [2.05, 4.69) is 13.8 Å². The molecule has 4 N–H and O–H groups in total. The van der Waals surface area contributed by atoms with Gasteiger partial charge >= 0.3 is 0 Å². The van der Waals surface area contributed by atoms with E-state index in [9.17, 15) is 0 Å². The van der Waals surface area contributed by atoms with Crippen LogP contribution in [-0.2, 0) is 9.47 Å². The molecule has 0 atom stereocenters. The number of nitrogens with two attached hydrogens (primary N) is 2. The summed E-state index contributed by atoms with van der Waals surface area (Å²) in [4.78, 5) is 0. The lowest BCUT2D eigenvalue weighted by atomic mass is 9.60. The van der Waals surface area contributed by atoms with Crippen LogP contribution < -0.4 is 11.5 Å². The number of hydrogen-bond donors (Lipinski definition) is 2. The summed E-state index contributed by atoms with van der Waals surface area (Å²) in [5.74, 6) is 1.71. The van der Waals surface area contributed by atoms with E-state index in [0.717, 1.165) is 37.5 Å². The molecular weight excluding hydrogens is 384 g/mol. The molecule has 4 rings (SSSR count). The molecule has 0 spiro atoms. The second kappa shape index (κ2) is 10.8. The average molecular weight is 435 g/mol. The monoisotopic (exact) mass is 434 g/mol. The third-order valence-electron chi connectivity index (χ3n) is 9.66. The van der Waals surface area contributed by atoms with Crippen LogP contribution in [0.15, 0.2) is 0 Å². The predicted octanol–water partition coefficient (Wildman–Crippen LogP) is 5.70. The first-order valence-electron chi connectivity index (χ1n) is 13.7. The highest BCUT2D eigenvalue weighted by atomic mass is 16.5. The SMILES string of the molecule is CC(C)(C1CCC(OC2CCC(N)CC2)CC1)C1CCC(OC2CCC(N)CC2)CC1. The van der Waals surface area contributed by atoms with Gasteiger partial charge in [-0.25, -0.2) is 0 Å². The zero-order valence-electron chi connectivity index (χ0n) is 20.4. The van der Waals surface area contributed by atoms with E-state index in [1.165, 1.54) is 77.0 Å². The Balaban J connectivity index is 1.17. The molecule has 4 fully saturated rings. The summed E-state index contributed by atoms with van der Waals surface area (Å²) in [7, 11) is 0. The van der Waals surface area contributed by atoms with Gasteiger partial charge in [0.15, 0.2) is 0 Å². The van der Waals surface area contributed by atoms with Crippen LogP contribution in [0.4, 0.5) is 0 Å². The molecule has 31 heavy (non-hydrogen) atoms. The highest BCUT2D eigenvalue weighted by molar-refractivity contribution is 4.91. The summed E-state index contributed by atoms with van der Waals surface area (Å²) < 4.78 is 13.0. The Kier molecular flexibility index (Phi) is 8.39. The summed E-state index contributed by atoms with van der Waals surface area (Å²) in [5.41, 5.74) is 12.6. The molecule has 4 saturated carbocycles. The second-order valence-electron chi connectivity index (χ2n) is 12.1. The molecule has 180 valence electrons. The molecule has 4 nitrogen and oxygen atoms in total. The van der Waals surface area contributed by atoms with Crippen molar-refractivity contribution in [3.63, 3.8) is 0 Å². The van der Waals surface area contributed by atoms with E-state index in [1.807, 2.05) is 0 Å². The Morgan fingerprint density at radius 1 is 0.452 bits per heavy atom. The Morgan fingerprint density at radius 3 is 1.00 bits per heavy atom. The smallest absolute Gasteiger partial charge is 0.0580 e. The zero-order valence-corrected chi connectivity index (χ0v) is 20.4. The van der Waals surface area contributed by atoms with Crippen molar-refractivity contribution in [2.75, 3.05) is 0 Å². The van der Waals surface area contributed by atoms with Gasteiger partial charge in [-0.05, 0) is 120 Å². The Hall–Kier alpha value is -0.160. The number of hydrogen-bond acceptors (Lipinski definition) is 4. The van der Waals surface area contributed by atoms with Gasteiger partial charge in [0.2, 0.25) is 0 Å². The van der Waals surface area contributed by atoms with Crippen molar-refractivity contribution in [2.45, 2.75) is 153 Å². The molecule has 0 bridgehead atoms. The molecule has 0 unspecified atom stereocenters. The van der Waals surface area contributed by atoms with Gasteiger partial charge in [-0.1, -0.05) is 13.8 Å². The average Bonchev–Trinajstić information content (AvgIpc) is 2.78. The molecule has 0 aromatic heterocycles. The van der Waals surface area contributed by atoms with Gasteiger partial charge < -0.3 is 20.9 Å². The molecule has 4 aliphatic carbocycles. The summed E-state index contributed by atoms with van der Waals surface area (Å²) >= 11 is 0. The van der Waals surface area contributed by atoms with Crippen LogP contribution in [0.1, 0.15) is 117 Å². The van der Waals surface area contributed by atoms with Crippen LogP contribution in [-0.4, -0.2) is 36.5 Å². The fraction of sp³-hybridized carbons (Fsp3) is 1.00. The molecule has 0 aromatic carbocycles. The van der Waals surface area contributed by atoms with E-state index in [1.54, 1.807) is 0 Å². The molecule has 4 aliphatic rings. The van der Waals surface area contributed by atoms with E-state index >= 15 is 0 Å². The molecule has 0 aromatic rings. The van der Waals surface area contributed by atoms with Crippen molar-refractivity contribution in [1.82, 2.24) is 0 Å². The summed E-state index contributed by atoms with van der Waals surface area (Å²) in [5, 5.41) is 0. The summed E-state index contributed by atoms with van der Waals surface area (Å²) in [6.45, 7) is 5.13. The van der Waals surface area contributed by atoms with Crippen LogP contribution in [0, 0.1) is 17.3 Å². The molecule has 0 saturated heterocycles. The predicted molar refractivity (Wildman–Crippen MR) is 128 cm³/mol. The quantitative estimate of drug-likeness (QED) is 0.562. The second-order valence-corrected chi connectivity index (χ2v) is 12.1. The van der Waals surface area contributed by atoms with Crippen molar-refractivity contribution >= 4 is 0 Å². The van der Waals surface area contributed by atoms with Crippen molar-refractivity contribution in [3.05, 3.63) is 0 Å². The van der Waals surface area contributed by atoms with Crippen LogP contribution in [0.5, 0.6) is 0 Å². The van der Waals surface area contributed by atoms with E-state index in [0.29, 0.717) is 41.9 Å². The van der Waals surface area contributed by atoms with Gasteiger partial charge in [-0.15, -0.1) is 0 Å². The van der Waals surface area contributed by atoms with Gasteiger partial charge in [0.1, 0.15) is 0 Å². The summed E-state index contributed by atoms with van der Waals surface area (Å²) in [6.07, 6.45) is 21.7. The lowest BCUT2D eigenvalue weighted by Gasteiger charge is -2.47. The van der Waals surface area contributed by atoms with Gasteiger partial charge in [-0.3, -0.25) is 0 Å². The van der Waals surface area contributed by atoms with E-state index in [4.69, 9.17) is 20.9 Å². The molecule has 0 amide bonds. The Bertz CT molecular complexity index is 475. The fourth-order valence-corrected chi connectivity index (χ4v) is 7.21. The first-order valence-corrected chi connectivity index (χ1v) is 13.7. The minimum absolute atomic E-state index is 0.415. The van der Waals surface area contributed by atoms with Crippen molar-refractivity contribution in [1.29, 1.82) is 0 Å². The maximum atomic E-state index is 6.50. The number of ether oxygens (including phenoxy) is 2. The Morgan fingerprint density at radius 2 is 0.710 bits per heavy atom. The van der Waals surface area contributed by atoms with Gasteiger partial charge in [0, 0.05) is 12.1 Å². The summed E-state index contributed by atoms with van der Waals surface area (Å²) in [6, 6.07) is 0.829. The van der Waals surface area contributed by atoms with Crippen LogP contribution in [0.3, 0.4) is 0 Å². The fourth-order valence-electron chi connectivity index (χ4n) is 7.21. The largest absolute Gasteiger partial charge is 0.375 e. The van der Waals surface area contributed by atoms with E-state index in [-0.39, 0.29) is 0 Å². The zero-order chi connectivity index (χ0) is 21.8. The van der Waals surface area contributed by atoms with Crippen LogP contribution in [0.25, 0.3) is 0 Å². The van der Waals surface area contributed by atoms with Gasteiger partial charge in [-0.2, -0.15) is 0 Å². The first-order chi connectivity index (χ1) is 14.9. The highest BCUT2D eigenvalue weighted by Gasteiger charge is 2.41. The molecule has 0 aliphatic heterocycles. The van der Waals surface area contributed by atoms with Gasteiger partial charge in [0.25, 0.3) is 0 Å². The topological polar surface area (TPSA) is 70.5 Å². The third-order valence-corrected chi connectivity index (χ3v) is 9.66. The number of rotatable bonds is 6. The lowest BCUT2D eigenvalue weighted by molar-refractivity contribution is -0.0790. The molecule has 0 heterocycles. The minimum Gasteiger partial charge on any atom is -0.375 e. The molecule has 4 heteroatoms. The van der Waals surface area contributed by atoms with Crippen molar-refractivity contribution in [2.24, 2.45) is 28.7 Å². The third kappa shape index (κ3) is 6.46.